The number of carboxylic acid groups (broad SMARTS) is 2. The number of carboxylic acids is 2. The van der Waals surface area contributed by atoms with Gasteiger partial charge in [0.15, 0.2) is 0 Å². The Morgan fingerprint density at radius 2 is 1.70 bits per heavy atom. The first-order valence-corrected chi connectivity index (χ1v) is 8.66. The number of carbonyl (C=O) groups is 2. The van der Waals surface area contributed by atoms with Gasteiger partial charge in [-0.2, -0.15) is 0 Å². The fourth-order valence-corrected chi connectivity index (χ4v) is 3.63. The number of aromatic hydroxyl groups is 1. The van der Waals surface area contributed by atoms with E-state index in [0.717, 1.165) is 11.3 Å². The number of aromatic nitrogens is 1. The summed E-state index contributed by atoms with van der Waals surface area (Å²) in [4.78, 5) is 23.2. The number of hydrogen-bond acceptors (Lipinski definition) is 3. The molecular weight excluding hydrogens is 346 g/mol. The second-order valence-corrected chi connectivity index (χ2v) is 6.85. The summed E-state index contributed by atoms with van der Waals surface area (Å²) in [6, 6.07) is 11.8. The standard InChI is InChI=1S/C21H21NO5/c1-12(2)20-16(10-18(24)25)19-15(21(26)27)4-3-5-17(19)22(20)11-13-6-8-14(23)9-7-13/h3-9,12,23H,10-11H2,1-2H3,(H,24,25)(H,26,27). The minimum absolute atomic E-state index is 0.00510. The van der Waals surface area contributed by atoms with Crippen LogP contribution < -0.4 is 0 Å². The van der Waals surface area contributed by atoms with Crippen LogP contribution in [0.25, 0.3) is 10.9 Å². The summed E-state index contributed by atoms with van der Waals surface area (Å²) in [5.74, 6) is -1.91. The number of phenolic OH excluding ortho intramolecular Hbond substituents is 1. The monoisotopic (exact) mass is 367 g/mol. The van der Waals surface area contributed by atoms with Gasteiger partial charge in [0.25, 0.3) is 0 Å². The lowest BCUT2D eigenvalue weighted by Crippen LogP contribution is -2.09. The van der Waals surface area contributed by atoms with E-state index in [1.807, 2.05) is 24.5 Å². The van der Waals surface area contributed by atoms with Crippen LogP contribution in [-0.2, 0) is 17.8 Å². The zero-order chi connectivity index (χ0) is 19.7. The van der Waals surface area contributed by atoms with Crippen LogP contribution in [-0.4, -0.2) is 31.8 Å². The first kappa shape index (κ1) is 18.5. The van der Waals surface area contributed by atoms with Gasteiger partial charge in [0.1, 0.15) is 5.75 Å². The van der Waals surface area contributed by atoms with Crippen molar-refractivity contribution < 1.29 is 24.9 Å². The maximum absolute atomic E-state index is 11.8. The maximum atomic E-state index is 11.8. The minimum Gasteiger partial charge on any atom is -0.508 e. The van der Waals surface area contributed by atoms with Gasteiger partial charge in [0.2, 0.25) is 0 Å². The quantitative estimate of drug-likeness (QED) is 0.615. The Hall–Kier alpha value is -3.28. The molecule has 0 fully saturated rings. The highest BCUT2D eigenvalue weighted by atomic mass is 16.4. The topological polar surface area (TPSA) is 99.8 Å². The summed E-state index contributed by atoms with van der Waals surface area (Å²) in [5.41, 5.74) is 3.09. The molecule has 1 heterocycles. The van der Waals surface area contributed by atoms with E-state index in [9.17, 15) is 24.9 Å². The third kappa shape index (κ3) is 3.51. The molecule has 3 N–H and O–H groups in total. The van der Waals surface area contributed by atoms with Crippen LogP contribution >= 0.6 is 0 Å². The number of fused-ring (bicyclic) bond motifs is 1. The number of aliphatic carboxylic acids is 1. The van der Waals surface area contributed by atoms with Crippen LogP contribution in [0.15, 0.2) is 42.5 Å². The molecule has 0 amide bonds. The lowest BCUT2D eigenvalue weighted by atomic mass is 9.98. The number of rotatable bonds is 6. The van der Waals surface area contributed by atoms with Gasteiger partial charge in [-0.1, -0.05) is 32.0 Å². The molecule has 0 spiro atoms. The smallest absolute Gasteiger partial charge is 0.336 e. The van der Waals surface area contributed by atoms with E-state index < -0.39 is 11.9 Å². The van der Waals surface area contributed by atoms with Crippen molar-refractivity contribution in [3.05, 3.63) is 64.8 Å². The Kier molecular flexibility index (Phi) is 4.90. The molecule has 0 unspecified atom stereocenters. The summed E-state index contributed by atoms with van der Waals surface area (Å²) >= 11 is 0. The molecule has 0 saturated heterocycles. The zero-order valence-electron chi connectivity index (χ0n) is 15.1. The van der Waals surface area contributed by atoms with E-state index in [1.165, 1.54) is 6.07 Å². The van der Waals surface area contributed by atoms with Gasteiger partial charge in [-0.25, -0.2) is 4.79 Å². The highest BCUT2D eigenvalue weighted by molar-refractivity contribution is 6.06. The Bertz CT molecular complexity index is 1020. The highest BCUT2D eigenvalue weighted by Crippen LogP contribution is 2.35. The lowest BCUT2D eigenvalue weighted by molar-refractivity contribution is -0.136. The molecule has 0 bridgehead atoms. The minimum atomic E-state index is -1.08. The zero-order valence-corrected chi connectivity index (χ0v) is 15.1. The van der Waals surface area contributed by atoms with Gasteiger partial charge >= 0.3 is 11.9 Å². The maximum Gasteiger partial charge on any atom is 0.336 e. The number of benzene rings is 2. The summed E-state index contributed by atoms with van der Waals surface area (Å²) in [6.07, 6.45) is -0.239. The number of aromatic carboxylic acids is 1. The van der Waals surface area contributed by atoms with Crippen molar-refractivity contribution >= 4 is 22.8 Å². The van der Waals surface area contributed by atoms with Crippen LogP contribution in [0.1, 0.15) is 46.9 Å². The van der Waals surface area contributed by atoms with Crippen molar-refractivity contribution in [1.29, 1.82) is 0 Å². The fraction of sp³-hybridized carbons (Fsp3) is 0.238. The molecule has 0 aliphatic carbocycles. The van der Waals surface area contributed by atoms with Crippen molar-refractivity contribution in [3.63, 3.8) is 0 Å². The van der Waals surface area contributed by atoms with Gasteiger partial charge in [-0.15, -0.1) is 0 Å². The van der Waals surface area contributed by atoms with E-state index in [2.05, 4.69) is 0 Å². The van der Waals surface area contributed by atoms with Crippen molar-refractivity contribution in [2.75, 3.05) is 0 Å². The number of nitrogens with zero attached hydrogens (tertiary/aromatic N) is 1. The second-order valence-electron chi connectivity index (χ2n) is 6.85. The Morgan fingerprint density at radius 3 is 2.26 bits per heavy atom. The number of hydrogen-bond donors (Lipinski definition) is 3. The third-order valence-corrected chi connectivity index (χ3v) is 4.62. The van der Waals surface area contributed by atoms with E-state index in [0.29, 0.717) is 23.0 Å². The molecule has 0 radical (unpaired) electrons. The van der Waals surface area contributed by atoms with E-state index in [1.54, 1.807) is 30.3 Å². The van der Waals surface area contributed by atoms with Crippen LogP contribution in [0.3, 0.4) is 0 Å². The molecular formula is C21H21NO5. The molecule has 2 aromatic carbocycles. The summed E-state index contributed by atoms with van der Waals surface area (Å²) < 4.78 is 1.98. The molecule has 0 saturated carbocycles. The van der Waals surface area contributed by atoms with Gasteiger partial charge in [-0.3, -0.25) is 4.79 Å². The molecule has 3 rings (SSSR count). The molecule has 6 nitrogen and oxygen atoms in total. The van der Waals surface area contributed by atoms with Crippen LogP contribution in [0.5, 0.6) is 5.75 Å². The highest BCUT2D eigenvalue weighted by Gasteiger charge is 2.25. The predicted octanol–water partition coefficient (Wildman–Crippen LogP) is 3.84. The average molecular weight is 367 g/mol. The summed E-state index contributed by atoms with van der Waals surface area (Å²) in [7, 11) is 0. The van der Waals surface area contributed by atoms with Gasteiger partial charge in [0.05, 0.1) is 12.0 Å². The van der Waals surface area contributed by atoms with Crippen molar-refractivity contribution in [1.82, 2.24) is 4.57 Å². The molecule has 6 heteroatoms. The Balaban J connectivity index is 2.32. The first-order chi connectivity index (χ1) is 12.8. The van der Waals surface area contributed by atoms with Crippen LogP contribution in [0, 0.1) is 0 Å². The Labute approximate surface area is 156 Å². The van der Waals surface area contributed by atoms with Crippen molar-refractivity contribution in [3.8, 4) is 5.75 Å². The molecule has 0 aliphatic rings. The SMILES string of the molecule is CC(C)c1c(CC(=O)O)c2c(C(=O)O)cccc2n1Cc1ccc(O)cc1. The molecule has 0 aliphatic heterocycles. The number of phenols is 1. The van der Waals surface area contributed by atoms with Gasteiger partial charge in [-0.05, 0) is 41.3 Å². The molecule has 3 aromatic rings. The fourth-order valence-electron chi connectivity index (χ4n) is 3.63. The lowest BCUT2D eigenvalue weighted by Gasteiger charge is -2.15. The van der Waals surface area contributed by atoms with Crippen LogP contribution in [0.4, 0.5) is 0 Å². The summed E-state index contributed by atoms with van der Waals surface area (Å²) in [6.45, 7) is 4.38. The van der Waals surface area contributed by atoms with Crippen LogP contribution in [0.2, 0.25) is 0 Å². The average Bonchev–Trinajstić information content (AvgIpc) is 2.90. The van der Waals surface area contributed by atoms with Gasteiger partial charge in [0, 0.05) is 23.1 Å². The van der Waals surface area contributed by atoms with E-state index in [-0.39, 0.29) is 23.7 Å². The third-order valence-electron chi connectivity index (χ3n) is 4.62. The van der Waals surface area contributed by atoms with Crippen molar-refractivity contribution in [2.24, 2.45) is 0 Å². The van der Waals surface area contributed by atoms with E-state index in [4.69, 9.17) is 0 Å². The molecule has 140 valence electrons. The second kappa shape index (κ2) is 7.15. The van der Waals surface area contributed by atoms with Crippen molar-refractivity contribution in [2.45, 2.75) is 32.7 Å². The summed E-state index contributed by atoms with van der Waals surface area (Å²) in [5, 5.41) is 29.0. The molecule has 1 aromatic heterocycles. The van der Waals surface area contributed by atoms with E-state index >= 15 is 0 Å². The van der Waals surface area contributed by atoms with Gasteiger partial charge < -0.3 is 19.9 Å². The Morgan fingerprint density at radius 1 is 1.04 bits per heavy atom. The first-order valence-electron chi connectivity index (χ1n) is 8.66. The molecule has 0 atom stereocenters. The largest absolute Gasteiger partial charge is 0.508 e. The predicted molar refractivity (Wildman–Crippen MR) is 102 cm³/mol. The normalized spacial score (nSPS) is 11.2. The molecule has 27 heavy (non-hydrogen) atoms.